The van der Waals surface area contributed by atoms with E-state index in [4.69, 9.17) is 25.8 Å². The summed E-state index contributed by atoms with van der Waals surface area (Å²) >= 11 is 6.07. The molecule has 210 valence electrons. The molecule has 0 radical (unpaired) electrons. The van der Waals surface area contributed by atoms with Crippen LogP contribution in [-0.4, -0.2) is 61.4 Å². The molecule has 2 aromatic rings. The minimum Gasteiger partial charge on any atom is -0.748 e. The number of ether oxygens (including phenoxy) is 3. The van der Waals surface area contributed by atoms with E-state index < -0.39 is 27.8 Å². The number of hydrogen-bond donors (Lipinski definition) is 0. The lowest BCUT2D eigenvalue weighted by Crippen LogP contribution is -2.42. The molecule has 2 aromatic carbocycles. The van der Waals surface area contributed by atoms with Crippen LogP contribution in [0.3, 0.4) is 0 Å². The number of allylic oxidation sites excluding steroid dienone is 1. The molecule has 0 N–H and O–H groups in total. The first-order valence-electron chi connectivity index (χ1n) is 12.8. The summed E-state index contributed by atoms with van der Waals surface area (Å²) in [4.78, 5) is 28.3. The normalized spacial score (nSPS) is 19.9. The van der Waals surface area contributed by atoms with Gasteiger partial charge in [-0.2, -0.15) is 0 Å². The Labute approximate surface area is 233 Å². The molecule has 2 atom stereocenters. The first kappa shape index (κ1) is 29.1. The van der Waals surface area contributed by atoms with Crippen molar-refractivity contribution in [2.24, 2.45) is 0 Å². The van der Waals surface area contributed by atoms with Crippen LogP contribution in [0.2, 0.25) is 5.02 Å². The Bertz CT molecular complexity index is 1300. The number of carbonyl (C=O) groups excluding carboxylic acids is 2. The lowest BCUT2D eigenvalue weighted by Gasteiger charge is -2.35. The topological polar surface area (TPSA) is 122 Å². The van der Waals surface area contributed by atoms with Crippen LogP contribution >= 0.6 is 11.6 Å². The standard InChI is InChI=1S/C28H32ClNO8S/c1-19-27(28(32)38-18-20-5-11-23(12-6-20)36-14-3-15-39(33,34)35)25(21-7-9-22(29)10-8-21)16-26(31)30(19)17-24-4-2-13-37-24/h5-12,24-25H,2-4,13-18H2,1H3,(H,33,34,35)/p-1/t24-,25-/m0/s1. The molecule has 2 heterocycles. The molecule has 0 aromatic heterocycles. The Morgan fingerprint density at radius 2 is 1.87 bits per heavy atom. The van der Waals surface area contributed by atoms with Gasteiger partial charge in [0.1, 0.15) is 12.4 Å². The number of nitrogens with zero attached hydrogens (tertiary/aromatic N) is 1. The van der Waals surface area contributed by atoms with Crippen LogP contribution in [0.5, 0.6) is 5.75 Å². The number of halogens is 1. The van der Waals surface area contributed by atoms with E-state index in [1.165, 1.54) is 0 Å². The minimum atomic E-state index is -4.27. The van der Waals surface area contributed by atoms with Gasteiger partial charge in [0, 0.05) is 35.4 Å². The molecule has 0 aliphatic carbocycles. The molecule has 9 nitrogen and oxygen atoms in total. The predicted octanol–water partition coefficient (Wildman–Crippen LogP) is 4.17. The van der Waals surface area contributed by atoms with E-state index in [1.807, 2.05) is 12.1 Å². The van der Waals surface area contributed by atoms with Crippen molar-refractivity contribution in [3.05, 3.63) is 76.0 Å². The van der Waals surface area contributed by atoms with Gasteiger partial charge in [0.2, 0.25) is 5.91 Å². The van der Waals surface area contributed by atoms with Crippen molar-refractivity contribution in [2.45, 2.75) is 51.2 Å². The van der Waals surface area contributed by atoms with E-state index in [-0.39, 0.29) is 38.1 Å². The van der Waals surface area contributed by atoms with E-state index in [2.05, 4.69) is 0 Å². The zero-order valence-corrected chi connectivity index (χ0v) is 23.2. The molecule has 1 amide bonds. The summed E-state index contributed by atoms with van der Waals surface area (Å²) in [5, 5.41) is 0.564. The van der Waals surface area contributed by atoms with Crippen LogP contribution in [0.25, 0.3) is 0 Å². The van der Waals surface area contributed by atoms with E-state index in [1.54, 1.807) is 48.2 Å². The van der Waals surface area contributed by atoms with Gasteiger partial charge in [0.25, 0.3) is 0 Å². The smallest absolute Gasteiger partial charge is 0.336 e. The SMILES string of the molecule is CC1=C(C(=O)OCc2ccc(OCCCS(=O)(=O)[O-])cc2)[C@H](c2ccc(Cl)cc2)CC(=O)N1C[C@@H]1CCCO1. The van der Waals surface area contributed by atoms with E-state index in [0.29, 0.717) is 35.2 Å². The maximum atomic E-state index is 13.5. The highest BCUT2D eigenvalue weighted by molar-refractivity contribution is 7.85. The fraction of sp³-hybridized carbons (Fsp3) is 0.429. The number of amides is 1. The quantitative estimate of drug-likeness (QED) is 0.222. The Morgan fingerprint density at radius 3 is 2.51 bits per heavy atom. The molecule has 39 heavy (non-hydrogen) atoms. The average Bonchev–Trinajstić information content (AvgIpc) is 3.41. The number of carbonyl (C=O) groups is 2. The first-order chi connectivity index (χ1) is 18.6. The van der Waals surface area contributed by atoms with Crippen LogP contribution in [0.1, 0.15) is 49.7 Å². The second-order valence-corrected chi connectivity index (χ2v) is 11.6. The number of esters is 1. The molecule has 1 saturated heterocycles. The van der Waals surface area contributed by atoms with Crippen LogP contribution in [-0.2, 0) is 35.8 Å². The van der Waals surface area contributed by atoms with Gasteiger partial charge in [-0.3, -0.25) is 4.79 Å². The van der Waals surface area contributed by atoms with Crippen molar-refractivity contribution >= 4 is 33.6 Å². The molecule has 2 aliphatic rings. The zero-order chi connectivity index (χ0) is 28.0. The van der Waals surface area contributed by atoms with Gasteiger partial charge < -0.3 is 23.7 Å². The highest BCUT2D eigenvalue weighted by atomic mass is 35.5. The van der Waals surface area contributed by atoms with Gasteiger partial charge in [-0.25, -0.2) is 13.2 Å². The fourth-order valence-corrected chi connectivity index (χ4v) is 5.40. The van der Waals surface area contributed by atoms with E-state index in [9.17, 15) is 22.6 Å². The molecule has 0 spiro atoms. The number of rotatable bonds is 11. The van der Waals surface area contributed by atoms with E-state index in [0.717, 1.165) is 24.0 Å². The van der Waals surface area contributed by atoms with E-state index >= 15 is 0 Å². The van der Waals surface area contributed by atoms with Gasteiger partial charge in [-0.1, -0.05) is 35.9 Å². The maximum absolute atomic E-state index is 13.5. The lowest BCUT2D eigenvalue weighted by atomic mass is 9.83. The van der Waals surface area contributed by atoms with Gasteiger partial charge in [0.05, 0.1) is 34.9 Å². The zero-order valence-electron chi connectivity index (χ0n) is 21.6. The molecule has 0 unspecified atom stereocenters. The summed E-state index contributed by atoms with van der Waals surface area (Å²) in [5.41, 5.74) is 2.53. The summed E-state index contributed by atoms with van der Waals surface area (Å²) in [6, 6.07) is 13.9. The number of benzene rings is 2. The third-order valence-corrected chi connectivity index (χ3v) is 7.87. The molecular weight excluding hydrogens is 546 g/mol. The summed E-state index contributed by atoms with van der Waals surface area (Å²) < 4.78 is 49.0. The second-order valence-electron chi connectivity index (χ2n) is 9.63. The van der Waals surface area contributed by atoms with Crippen LogP contribution in [0.4, 0.5) is 0 Å². The molecule has 4 rings (SSSR count). The van der Waals surface area contributed by atoms with Gasteiger partial charge >= 0.3 is 5.97 Å². The molecule has 11 heteroatoms. The second kappa shape index (κ2) is 13.0. The largest absolute Gasteiger partial charge is 0.748 e. The lowest BCUT2D eigenvalue weighted by molar-refractivity contribution is -0.141. The summed E-state index contributed by atoms with van der Waals surface area (Å²) in [5.74, 6) is -1.01. The van der Waals surface area contributed by atoms with Gasteiger partial charge in [-0.05, 0) is 61.6 Å². The van der Waals surface area contributed by atoms with Crippen LogP contribution in [0.15, 0.2) is 59.8 Å². The van der Waals surface area contributed by atoms with Gasteiger partial charge in [0.15, 0.2) is 0 Å². The predicted molar refractivity (Wildman–Crippen MR) is 143 cm³/mol. The summed E-state index contributed by atoms with van der Waals surface area (Å²) in [7, 11) is -4.27. The third-order valence-electron chi connectivity index (χ3n) is 6.83. The van der Waals surface area contributed by atoms with Crippen LogP contribution < -0.4 is 4.74 Å². The van der Waals surface area contributed by atoms with Crippen molar-refractivity contribution in [1.29, 1.82) is 0 Å². The van der Waals surface area contributed by atoms with Crippen molar-refractivity contribution in [2.75, 3.05) is 25.5 Å². The molecule has 2 aliphatic heterocycles. The Balaban J connectivity index is 1.46. The number of hydrogen-bond acceptors (Lipinski definition) is 8. The maximum Gasteiger partial charge on any atom is 0.336 e. The third kappa shape index (κ3) is 8.04. The summed E-state index contributed by atoms with van der Waals surface area (Å²) in [6.45, 7) is 2.95. The molecule has 0 saturated carbocycles. The van der Waals surface area contributed by atoms with Crippen molar-refractivity contribution in [3.8, 4) is 5.75 Å². The molecule has 1 fully saturated rings. The average molecular weight is 577 g/mol. The highest BCUT2D eigenvalue weighted by Crippen LogP contribution is 2.38. The Hall–Kier alpha value is -2.92. The fourth-order valence-electron chi connectivity index (χ4n) is 4.81. The van der Waals surface area contributed by atoms with Gasteiger partial charge in [-0.15, -0.1) is 0 Å². The molecule has 0 bridgehead atoms. The Morgan fingerprint density at radius 1 is 1.15 bits per heavy atom. The monoisotopic (exact) mass is 576 g/mol. The highest BCUT2D eigenvalue weighted by Gasteiger charge is 2.38. The molecular formula is C28H31ClNO8S-. The van der Waals surface area contributed by atoms with Crippen LogP contribution in [0, 0.1) is 0 Å². The van der Waals surface area contributed by atoms with Crippen molar-refractivity contribution < 1.29 is 36.8 Å². The van der Waals surface area contributed by atoms with Crippen molar-refractivity contribution in [1.82, 2.24) is 4.90 Å². The minimum absolute atomic E-state index is 0.0112. The first-order valence-corrected chi connectivity index (χ1v) is 14.8. The van der Waals surface area contributed by atoms with Crippen molar-refractivity contribution in [3.63, 3.8) is 0 Å². The Kier molecular flexibility index (Phi) is 9.66. The summed E-state index contributed by atoms with van der Waals surface area (Å²) in [6.07, 6.45) is 1.99.